The van der Waals surface area contributed by atoms with Crippen molar-refractivity contribution in [3.63, 3.8) is 0 Å². The molecule has 1 aromatic carbocycles. The van der Waals surface area contributed by atoms with Crippen LogP contribution in [-0.4, -0.2) is 11.1 Å². The Morgan fingerprint density at radius 3 is 2.47 bits per heavy atom. The van der Waals surface area contributed by atoms with Gasteiger partial charge in [-0.15, -0.1) is 0 Å². The Morgan fingerprint density at radius 1 is 1.33 bits per heavy atom. The van der Waals surface area contributed by atoms with Gasteiger partial charge in [0.25, 0.3) is 0 Å². The molecule has 1 fully saturated rings. The number of hydrogen-bond donors (Lipinski definition) is 1. The summed E-state index contributed by atoms with van der Waals surface area (Å²) in [6, 6.07) is 10.2. The fraction of sp³-hybridized carbons (Fsp3) is 0.462. The summed E-state index contributed by atoms with van der Waals surface area (Å²) < 4.78 is 0. The fourth-order valence-corrected chi connectivity index (χ4v) is 2.22. The summed E-state index contributed by atoms with van der Waals surface area (Å²) in [6.07, 6.45) is 1.00. The molecule has 0 heterocycles. The van der Waals surface area contributed by atoms with Crippen LogP contribution in [0.4, 0.5) is 0 Å². The van der Waals surface area contributed by atoms with Gasteiger partial charge in [-0.25, -0.2) is 0 Å². The van der Waals surface area contributed by atoms with Crippen molar-refractivity contribution < 1.29 is 9.90 Å². The Labute approximate surface area is 89.9 Å². The molecule has 80 valence electrons. The van der Waals surface area contributed by atoms with Gasteiger partial charge >= 0.3 is 5.97 Å². The minimum Gasteiger partial charge on any atom is -0.481 e. The van der Waals surface area contributed by atoms with Crippen molar-refractivity contribution in [2.24, 2.45) is 11.3 Å². The normalized spacial score (nSPS) is 24.9. The van der Waals surface area contributed by atoms with Crippen LogP contribution in [0.2, 0.25) is 0 Å². The first-order chi connectivity index (χ1) is 7.03. The predicted molar refractivity (Wildman–Crippen MR) is 58.7 cm³/mol. The van der Waals surface area contributed by atoms with Crippen molar-refractivity contribution in [2.45, 2.75) is 26.2 Å². The van der Waals surface area contributed by atoms with E-state index >= 15 is 0 Å². The monoisotopic (exact) mass is 204 g/mol. The van der Waals surface area contributed by atoms with Crippen molar-refractivity contribution in [1.29, 1.82) is 0 Å². The molecule has 2 atom stereocenters. The van der Waals surface area contributed by atoms with Crippen molar-refractivity contribution in [3.8, 4) is 0 Å². The minimum atomic E-state index is -0.689. The molecule has 1 saturated carbocycles. The SMILES string of the molecule is CC(C)(C(=O)O)C1CC1c1ccccc1. The number of carboxylic acid groups (broad SMARTS) is 1. The molecule has 0 saturated heterocycles. The Bertz CT molecular complexity index is 367. The number of benzene rings is 1. The van der Waals surface area contributed by atoms with Gasteiger partial charge in [0.1, 0.15) is 0 Å². The van der Waals surface area contributed by atoms with Gasteiger partial charge in [0, 0.05) is 0 Å². The van der Waals surface area contributed by atoms with E-state index in [0.29, 0.717) is 5.92 Å². The molecule has 1 aliphatic rings. The molecule has 0 aliphatic heterocycles. The Hall–Kier alpha value is -1.31. The van der Waals surface area contributed by atoms with Crippen LogP contribution in [0.1, 0.15) is 31.7 Å². The molecular formula is C13H16O2. The number of carbonyl (C=O) groups is 1. The highest BCUT2D eigenvalue weighted by molar-refractivity contribution is 5.75. The summed E-state index contributed by atoms with van der Waals surface area (Å²) in [6.45, 7) is 3.64. The van der Waals surface area contributed by atoms with Crippen molar-refractivity contribution in [2.75, 3.05) is 0 Å². The molecule has 0 bridgehead atoms. The smallest absolute Gasteiger partial charge is 0.309 e. The third-order valence-corrected chi connectivity index (χ3v) is 3.50. The molecule has 2 unspecified atom stereocenters. The van der Waals surface area contributed by atoms with E-state index in [0.717, 1.165) is 6.42 Å². The van der Waals surface area contributed by atoms with Crippen molar-refractivity contribution >= 4 is 5.97 Å². The molecule has 1 N–H and O–H groups in total. The van der Waals surface area contributed by atoms with Gasteiger partial charge in [0.15, 0.2) is 0 Å². The maximum atomic E-state index is 11.1. The van der Waals surface area contributed by atoms with Crippen LogP contribution in [0.5, 0.6) is 0 Å². The molecule has 0 aromatic heterocycles. The van der Waals surface area contributed by atoms with E-state index in [2.05, 4.69) is 12.1 Å². The quantitative estimate of drug-likeness (QED) is 0.822. The minimum absolute atomic E-state index is 0.289. The van der Waals surface area contributed by atoms with E-state index < -0.39 is 11.4 Å². The second kappa shape index (κ2) is 3.37. The van der Waals surface area contributed by atoms with Crippen LogP contribution >= 0.6 is 0 Å². The molecule has 2 rings (SSSR count). The fourth-order valence-electron chi connectivity index (χ4n) is 2.22. The zero-order chi connectivity index (χ0) is 11.1. The lowest BCUT2D eigenvalue weighted by Crippen LogP contribution is -2.26. The lowest BCUT2D eigenvalue weighted by atomic mass is 9.85. The Kier molecular flexibility index (Phi) is 2.29. The van der Waals surface area contributed by atoms with E-state index in [-0.39, 0.29) is 5.92 Å². The lowest BCUT2D eigenvalue weighted by Gasteiger charge is -2.19. The van der Waals surface area contributed by atoms with Crippen LogP contribution in [0, 0.1) is 11.3 Å². The van der Waals surface area contributed by atoms with E-state index in [1.165, 1.54) is 5.56 Å². The first-order valence-corrected chi connectivity index (χ1v) is 5.32. The molecule has 2 nitrogen and oxygen atoms in total. The summed E-state index contributed by atoms with van der Waals surface area (Å²) in [5, 5.41) is 9.12. The summed E-state index contributed by atoms with van der Waals surface area (Å²) in [5.41, 5.74) is 0.678. The topological polar surface area (TPSA) is 37.3 Å². The van der Waals surface area contributed by atoms with E-state index in [1.807, 2.05) is 32.0 Å². The molecule has 0 spiro atoms. The molecule has 1 aromatic rings. The van der Waals surface area contributed by atoms with Crippen LogP contribution in [0.25, 0.3) is 0 Å². The molecule has 2 heteroatoms. The van der Waals surface area contributed by atoms with Gasteiger partial charge in [0.2, 0.25) is 0 Å². The highest BCUT2D eigenvalue weighted by Crippen LogP contribution is 2.56. The summed E-state index contributed by atoms with van der Waals surface area (Å²) >= 11 is 0. The Morgan fingerprint density at radius 2 is 1.93 bits per heavy atom. The molecular weight excluding hydrogens is 188 g/mol. The number of carboxylic acids is 1. The zero-order valence-corrected chi connectivity index (χ0v) is 9.10. The van der Waals surface area contributed by atoms with Gasteiger partial charge in [-0.3, -0.25) is 4.79 Å². The van der Waals surface area contributed by atoms with Gasteiger partial charge in [0.05, 0.1) is 5.41 Å². The molecule has 0 amide bonds. The highest BCUT2D eigenvalue weighted by atomic mass is 16.4. The third-order valence-electron chi connectivity index (χ3n) is 3.50. The van der Waals surface area contributed by atoms with Crippen LogP contribution < -0.4 is 0 Å². The van der Waals surface area contributed by atoms with Crippen LogP contribution in [-0.2, 0) is 4.79 Å². The van der Waals surface area contributed by atoms with Gasteiger partial charge < -0.3 is 5.11 Å². The summed E-state index contributed by atoms with van der Waals surface area (Å²) in [7, 11) is 0. The third kappa shape index (κ3) is 1.76. The second-order valence-corrected chi connectivity index (χ2v) is 4.89. The van der Waals surface area contributed by atoms with Crippen molar-refractivity contribution in [3.05, 3.63) is 35.9 Å². The first-order valence-electron chi connectivity index (χ1n) is 5.32. The average molecular weight is 204 g/mol. The number of hydrogen-bond acceptors (Lipinski definition) is 1. The van der Waals surface area contributed by atoms with Gasteiger partial charge in [-0.1, -0.05) is 30.3 Å². The maximum Gasteiger partial charge on any atom is 0.309 e. The summed E-state index contributed by atoms with van der Waals surface area (Å²) in [5.74, 6) is 0.0423. The lowest BCUT2D eigenvalue weighted by molar-refractivity contribution is -0.148. The first kappa shape index (κ1) is 10.2. The van der Waals surface area contributed by atoms with Crippen LogP contribution in [0.3, 0.4) is 0 Å². The van der Waals surface area contributed by atoms with Crippen LogP contribution in [0.15, 0.2) is 30.3 Å². The predicted octanol–water partition coefficient (Wildman–Crippen LogP) is 2.90. The zero-order valence-electron chi connectivity index (χ0n) is 9.10. The number of rotatable bonds is 3. The summed E-state index contributed by atoms with van der Waals surface area (Å²) in [4.78, 5) is 11.1. The largest absolute Gasteiger partial charge is 0.481 e. The second-order valence-electron chi connectivity index (χ2n) is 4.89. The standard InChI is InChI=1S/C13H16O2/c1-13(2,12(14)15)11-8-10(11)9-6-4-3-5-7-9/h3-7,10-11H,8H2,1-2H3,(H,14,15). The van der Waals surface area contributed by atoms with Gasteiger partial charge in [-0.05, 0) is 37.7 Å². The van der Waals surface area contributed by atoms with Gasteiger partial charge in [-0.2, -0.15) is 0 Å². The van der Waals surface area contributed by atoms with E-state index in [9.17, 15) is 4.79 Å². The molecule has 0 radical (unpaired) electrons. The highest BCUT2D eigenvalue weighted by Gasteiger charge is 2.51. The maximum absolute atomic E-state index is 11.1. The Balaban J connectivity index is 2.12. The van der Waals surface area contributed by atoms with E-state index in [4.69, 9.17) is 5.11 Å². The molecule has 15 heavy (non-hydrogen) atoms. The molecule has 1 aliphatic carbocycles. The van der Waals surface area contributed by atoms with E-state index in [1.54, 1.807) is 0 Å². The number of aliphatic carboxylic acids is 1. The average Bonchev–Trinajstić information content (AvgIpc) is 2.98. The van der Waals surface area contributed by atoms with Crippen molar-refractivity contribution in [1.82, 2.24) is 0 Å².